The molecule has 2 aromatic heterocycles. The molecule has 0 aliphatic carbocycles. The van der Waals surface area contributed by atoms with E-state index in [-0.39, 0.29) is 12.3 Å². The molecule has 118 valence electrons. The quantitative estimate of drug-likeness (QED) is 0.855. The summed E-state index contributed by atoms with van der Waals surface area (Å²) >= 11 is 1.41. The Kier molecular flexibility index (Phi) is 4.97. The van der Waals surface area contributed by atoms with Crippen LogP contribution in [0.4, 0.5) is 5.00 Å². The molecule has 2 heterocycles. The van der Waals surface area contributed by atoms with Crippen LogP contribution >= 0.6 is 11.3 Å². The number of aromatic nitrogens is 2. The van der Waals surface area contributed by atoms with E-state index in [0.717, 1.165) is 22.4 Å². The first-order chi connectivity index (χ1) is 10.4. The van der Waals surface area contributed by atoms with E-state index in [2.05, 4.69) is 10.4 Å². The highest BCUT2D eigenvalue weighted by molar-refractivity contribution is 7.17. The number of aryl methyl sites for hydroxylation is 3. The Labute approximate surface area is 133 Å². The molecule has 0 fully saturated rings. The van der Waals surface area contributed by atoms with Gasteiger partial charge in [0.2, 0.25) is 5.91 Å². The number of carbonyl (C=O) groups excluding carboxylic acids is 2. The number of amides is 2. The van der Waals surface area contributed by atoms with Crippen molar-refractivity contribution in [2.45, 2.75) is 40.2 Å². The van der Waals surface area contributed by atoms with Gasteiger partial charge in [-0.2, -0.15) is 5.10 Å². The van der Waals surface area contributed by atoms with Crippen LogP contribution < -0.4 is 11.1 Å². The third kappa shape index (κ3) is 3.54. The van der Waals surface area contributed by atoms with E-state index in [4.69, 9.17) is 5.73 Å². The molecule has 0 aromatic carbocycles. The third-order valence-corrected chi connectivity index (χ3v) is 4.75. The largest absolute Gasteiger partial charge is 0.365 e. The molecule has 0 aliphatic heterocycles. The Hall–Kier alpha value is -2.15. The summed E-state index contributed by atoms with van der Waals surface area (Å²) in [5.74, 6) is -0.661. The summed E-state index contributed by atoms with van der Waals surface area (Å²) in [5, 5.41) is 7.48. The van der Waals surface area contributed by atoms with E-state index >= 15 is 0 Å². The first-order valence-corrected chi connectivity index (χ1v) is 7.95. The van der Waals surface area contributed by atoms with E-state index in [9.17, 15) is 9.59 Å². The number of rotatable bonds is 6. The molecule has 0 atom stereocenters. The van der Waals surface area contributed by atoms with Crippen molar-refractivity contribution < 1.29 is 9.59 Å². The van der Waals surface area contributed by atoms with Crippen LogP contribution in [0.2, 0.25) is 0 Å². The minimum atomic E-state index is -0.508. The maximum absolute atomic E-state index is 12.1. The summed E-state index contributed by atoms with van der Waals surface area (Å²) in [6.07, 6.45) is 4.72. The predicted octanol–water partition coefficient (Wildman–Crippen LogP) is 2.25. The number of carbonyl (C=O) groups is 2. The zero-order valence-corrected chi connectivity index (χ0v) is 13.8. The predicted molar refractivity (Wildman–Crippen MR) is 87.2 cm³/mol. The molecule has 3 N–H and O–H groups in total. The van der Waals surface area contributed by atoms with Crippen molar-refractivity contribution in [1.82, 2.24) is 9.78 Å². The highest BCUT2D eigenvalue weighted by Gasteiger charge is 2.19. The molecule has 2 aromatic rings. The molecule has 2 amide bonds. The monoisotopic (exact) mass is 320 g/mol. The fraction of sp³-hybridized carbons (Fsp3) is 0.400. The lowest BCUT2D eigenvalue weighted by molar-refractivity contribution is -0.116. The van der Waals surface area contributed by atoms with Crippen LogP contribution in [0, 0.1) is 13.8 Å². The van der Waals surface area contributed by atoms with Crippen LogP contribution in [0.3, 0.4) is 0 Å². The normalized spacial score (nSPS) is 10.7. The van der Waals surface area contributed by atoms with Gasteiger partial charge in [0.05, 0.1) is 11.8 Å². The first-order valence-electron chi connectivity index (χ1n) is 7.13. The van der Waals surface area contributed by atoms with E-state index in [0.29, 0.717) is 17.1 Å². The summed E-state index contributed by atoms with van der Waals surface area (Å²) in [6, 6.07) is 0. The standard InChI is InChI=1S/C15H20N4O2S/c1-4-11-10(3)13(14(16)21)15(22-11)18-12(20)5-6-19-8-9(2)7-17-19/h7-8H,4-6H2,1-3H3,(H2,16,21)(H,18,20). The highest BCUT2D eigenvalue weighted by Crippen LogP contribution is 2.33. The van der Waals surface area contributed by atoms with Gasteiger partial charge < -0.3 is 11.1 Å². The summed E-state index contributed by atoms with van der Waals surface area (Å²) in [4.78, 5) is 24.7. The molecule has 6 nitrogen and oxygen atoms in total. The van der Waals surface area contributed by atoms with Crippen LogP contribution in [0.15, 0.2) is 12.4 Å². The number of thiophene rings is 1. The number of nitrogens with one attached hydrogen (secondary N) is 1. The lowest BCUT2D eigenvalue weighted by Crippen LogP contribution is -2.18. The SMILES string of the molecule is CCc1sc(NC(=O)CCn2cc(C)cn2)c(C(N)=O)c1C. The van der Waals surface area contributed by atoms with Gasteiger partial charge in [-0.25, -0.2) is 0 Å². The average molecular weight is 320 g/mol. The summed E-state index contributed by atoms with van der Waals surface area (Å²) in [7, 11) is 0. The molecular formula is C15H20N4O2S. The van der Waals surface area contributed by atoms with Gasteiger partial charge in [-0.05, 0) is 31.4 Å². The van der Waals surface area contributed by atoms with Crippen LogP contribution in [0.5, 0.6) is 0 Å². The maximum atomic E-state index is 12.1. The second-order valence-electron chi connectivity index (χ2n) is 5.15. The number of hydrogen-bond acceptors (Lipinski definition) is 4. The van der Waals surface area contributed by atoms with Gasteiger partial charge in [0.25, 0.3) is 5.91 Å². The van der Waals surface area contributed by atoms with E-state index < -0.39 is 5.91 Å². The van der Waals surface area contributed by atoms with Gasteiger partial charge >= 0.3 is 0 Å². The van der Waals surface area contributed by atoms with Crippen LogP contribution in [-0.2, 0) is 17.8 Å². The smallest absolute Gasteiger partial charge is 0.251 e. The maximum Gasteiger partial charge on any atom is 0.251 e. The second kappa shape index (κ2) is 6.74. The number of nitrogens with zero attached hydrogens (tertiary/aromatic N) is 2. The highest BCUT2D eigenvalue weighted by atomic mass is 32.1. The second-order valence-corrected chi connectivity index (χ2v) is 6.26. The van der Waals surface area contributed by atoms with E-state index in [1.165, 1.54) is 11.3 Å². The molecule has 7 heteroatoms. The summed E-state index contributed by atoms with van der Waals surface area (Å²) in [5.41, 5.74) is 7.76. The zero-order chi connectivity index (χ0) is 16.3. The van der Waals surface area contributed by atoms with Gasteiger partial charge in [0.15, 0.2) is 0 Å². The minimum absolute atomic E-state index is 0.153. The molecule has 22 heavy (non-hydrogen) atoms. The van der Waals surface area contributed by atoms with Gasteiger partial charge in [-0.1, -0.05) is 6.92 Å². The lowest BCUT2D eigenvalue weighted by atomic mass is 10.1. The molecule has 2 rings (SSSR count). The fourth-order valence-corrected chi connectivity index (χ4v) is 3.44. The summed E-state index contributed by atoms with van der Waals surface area (Å²) in [6.45, 7) is 6.31. The van der Waals surface area contributed by atoms with Gasteiger partial charge in [-0.15, -0.1) is 11.3 Å². The average Bonchev–Trinajstić information content (AvgIpc) is 3.00. The molecule has 0 aliphatic rings. The number of nitrogens with two attached hydrogens (primary N) is 1. The minimum Gasteiger partial charge on any atom is -0.365 e. The molecule has 0 spiro atoms. The molecule has 0 bridgehead atoms. The van der Waals surface area contributed by atoms with Crippen LogP contribution in [0.1, 0.15) is 39.7 Å². The Morgan fingerprint density at radius 2 is 2.14 bits per heavy atom. The van der Waals surface area contributed by atoms with Crippen molar-refractivity contribution in [1.29, 1.82) is 0 Å². The van der Waals surface area contributed by atoms with Gasteiger partial charge in [0, 0.05) is 24.0 Å². The van der Waals surface area contributed by atoms with Crippen molar-refractivity contribution in [3.63, 3.8) is 0 Å². The lowest BCUT2D eigenvalue weighted by Gasteiger charge is -2.05. The van der Waals surface area contributed by atoms with Crippen molar-refractivity contribution in [2.75, 3.05) is 5.32 Å². The first kappa shape index (κ1) is 16.2. The van der Waals surface area contributed by atoms with Crippen LogP contribution in [-0.4, -0.2) is 21.6 Å². The van der Waals surface area contributed by atoms with E-state index in [1.54, 1.807) is 10.9 Å². The Morgan fingerprint density at radius 1 is 1.41 bits per heavy atom. The molecule has 0 saturated heterocycles. The van der Waals surface area contributed by atoms with Crippen molar-refractivity contribution >= 4 is 28.2 Å². The van der Waals surface area contributed by atoms with Crippen molar-refractivity contribution in [3.05, 3.63) is 34.0 Å². The molecule has 0 unspecified atom stereocenters. The summed E-state index contributed by atoms with van der Waals surface area (Å²) < 4.78 is 1.72. The van der Waals surface area contributed by atoms with Gasteiger partial charge in [0.1, 0.15) is 5.00 Å². The van der Waals surface area contributed by atoms with Crippen molar-refractivity contribution in [3.8, 4) is 0 Å². The third-order valence-electron chi connectivity index (χ3n) is 3.40. The molecular weight excluding hydrogens is 300 g/mol. The van der Waals surface area contributed by atoms with Crippen LogP contribution in [0.25, 0.3) is 0 Å². The zero-order valence-electron chi connectivity index (χ0n) is 13.0. The topological polar surface area (TPSA) is 90.0 Å². The van der Waals surface area contributed by atoms with Crippen molar-refractivity contribution in [2.24, 2.45) is 5.73 Å². The number of anilines is 1. The Bertz CT molecular complexity index is 702. The fourth-order valence-electron chi connectivity index (χ4n) is 2.28. The number of hydrogen-bond donors (Lipinski definition) is 2. The molecule has 0 radical (unpaired) electrons. The number of primary amides is 1. The Morgan fingerprint density at radius 3 is 2.68 bits per heavy atom. The Balaban J connectivity index is 2.06. The molecule has 0 saturated carbocycles. The van der Waals surface area contributed by atoms with E-state index in [1.807, 2.05) is 27.0 Å². The van der Waals surface area contributed by atoms with Gasteiger partial charge in [-0.3, -0.25) is 14.3 Å².